The van der Waals surface area contributed by atoms with E-state index in [1.54, 1.807) is 0 Å². The van der Waals surface area contributed by atoms with Crippen molar-refractivity contribution in [1.29, 1.82) is 0 Å². The lowest BCUT2D eigenvalue weighted by Crippen LogP contribution is -2.23. The maximum atomic E-state index is 9.82. The van der Waals surface area contributed by atoms with Crippen LogP contribution in [0.5, 0.6) is 0 Å². The highest BCUT2D eigenvalue weighted by Gasteiger charge is 2.14. The number of unbranched alkanes of at least 4 members (excludes halogenated alkanes) is 1. The van der Waals surface area contributed by atoms with Crippen molar-refractivity contribution in [2.75, 3.05) is 0 Å². The van der Waals surface area contributed by atoms with Gasteiger partial charge in [-0.25, -0.2) is 0 Å². The smallest absolute Gasteiger partial charge is 0.182 e. The van der Waals surface area contributed by atoms with Crippen molar-refractivity contribution in [2.45, 2.75) is 32.0 Å². The highest BCUT2D eigenvalue weighted by atomic mass is 28.4. The van der Waals surface area contributed by atoms with E-state index in [0.29, 0.717) is 6.42 Å². The molecule has 0 aromatic heterocycles. The summed E-state index contributed by atoms with van der Waals surface area (Å²) in [6, 6.07) is 0.839. The van der Waals surface area contributed by atoms with Crippen LogP contribution >= 0.6 is 0 Å². The largest absolute Gasteiger partial charge is 0.432 e. The highest BCUT2D eigenvalue weighted by Crippen LogP contribution is 2.08. The maximum absolute atomic E-state index is 9.82. The Hall–Kier alpha value is -0.153. The van der Waals surface area contributed by atoms with Gasteiger partial charge in [-0.3, -0.25) is 0 Å². The molecule has 0 atom stereocenters. The second-order valence-corrected chi connectivity index (χ2v) is 7.00. The Morgan fingerprint density at radius 3 is 2.44 bits per heavy atom. The van der Waals surface area contributed by atoms with E-state index in [4.69, 9.17) is 0 Å². The molecular formula is C6H14O2Si. The molecule has 1 N–H and O–H groups in total. The second-order valence-electron chi connectivity index (χ2n) is 2.87. The average molecular weight is 146 g/mol. The topological polar surface area (TPSA) is 37.3 Å². The van der Waals surface area contributed by atoms with E-state index in [2.05, 4.69) is 0 Å². The van der Waals surface area contributed by atoms with Crippen LogP contribution in [0.1, 0.15) is 12.8 Å². The number of rotatable bonds is 4. The Kier molecular flexibility index (Phi) is 3.73. The van der Waals surface area contributed by atoms with Gasteiger partial charge in [0.25, 0.3) is 0 Å². The first kappa shape index (κ1) is 8.85. The van der Waals surface area contributed by atoms with Gasteiger partial charge < -0.3 is 9.59 Å². The number of carbonyl (C=O) groups is 1. The molecule has 0 aromatic carbocycles. The van der Waals surface area contributed by atoms with E-state index in [9.17, 15) is 9.59 Å². The van der Waals surface area contributed by atoms with E-state index >= 15 is 0 Å². The third-order valence-corrected chi connectivity index (χ3v) is 2.69. The maximum Gasteiger partial charge on any atom is 0.182 e. The molecule has 0 bridgehead atoms. The van der Waals surface area contributed by atoms with Gasteiger partial charge >= 0.3 is 0 Å². The van der Waals surface area contributed by atoms with Crippen molar-refractivity contribution in [3.63, 3.8) is 0 Å². The zero-order valence-electron chi connectivity index (χ0n) is 6.05. The lowest BCUT2D eigenvalue weighted by atomic mass is 10.4. The molecule has 0 aliphatic carbocycles. The SMILES string of the molecule is C[Si](C)(O)CCCC=O. The first-order valence-electron chi connectivity index (χ1n) is 3.22. The molecule has 0 fully saturated rings. The van der Waals surface area contributed by atoms with E-state index in [-0.39, 0.29) is 0 Å². The molecular weight excluding hydrogens is 132 g/mol. The molecule has 0 aliphatic rings. The molecule has 54 valence electrons. The monoisotopic (exact) mass is 146 g/mol. The third-order valence-electron chi connectivity index (χ3n) is 1.11. The molecule has 0 unspecified atom stereocenters. The van der Waals surface area contributed by atoms with Crippen molar-refractivity contribution in [2.24, 2.45) is 0 Å². The predicted octanol–water partition coefficient (Wildman–Crippen LogP) is 1.16. The van der Waals surface area contributed by atoms with Gasteiger partial charge in [0.05, 0.1) is 0 Å². The summed E-state index contributed by atoms with van der Waals surface area (Å²) < 4.78 is 0. The van der Waals surface area contributed by atoms with E-state index in [1.165, 1.54) is 0 Å². The molecule has 0 amide bonds. The molecule has 0 saturated carbocycles. The summed E-state index contributed by atoms with van der Waals surface area (Å²) in [5, 5.41) is 0. The summed E-state index contributed by atoms with van der Waals surface area (Å²) in [5.74, 6) is 0. The summed E-state index contributed by atoms with van der Waals surface area (Å²) in [4.78, 5) is 19.1. The van der Waals surface area contributed by atoms with Crippen LogP contribution in [0.4, 0.5) is 0 Å². The Balaban J connectivity index is 3.17. The number of carbonyl (C=O) groups excluding carboxylic acids is 1. The molecule has 0 saturated heterocycles. The Labute approximate surface area is 57.0 Å². The zero-order chi connectivity index (χ0) is 7.33. The Morgan fingerprint density at radius 1 is 1.56 bits per heavy atom. The molecule has 0 rings (SSSR count). The first-order chi connectivity index (χ1) is 4.06. The predicted molar refractivity (Wildman–Crippen MR) is 39.8 cm³/mol. The number of hydrogen-bond donors (Lipinski definition) is 1. The van der Waals surface area contributed by atoms with Gasteiger partial charge in [-0.15, -0.1) is 0 Å². The van der Waals surface area contributed by atoms with Crippen molar-refractivity contribution >= 4 is 14.6 Å². The highest BCUT2D eigenvalue weighted by molar-refractivity contribution is 6.69. The first-order valence-corrected chi connectivity index (χ1v) is 6.38. The van der Waals surface area contributed by atoms with E-state index in [0.717, 1.165) is 18.8 Å². The van der Waals surface area contributed by atoms with Gasteiger partial charge in [0.15, 0.2) is 8.32 Å². The molecule has 2 nitrogen and oxygen atoms in total. The van der Waals surface area contributed by atoms with Crippen LogP contribution < -0.4 is 0 Å². The molecule has 0 aromatic rings. The fourth-order valence-electron chi connectivity index (χ4n) is 0.618. The van der Waals surface area contributed by atoms with Crippen LogP contribution in [0.15, 0.2) is 0 Å². The quantitative estimate of drug-likeness (QED) is 0.367. The van der Waals surface area contributed by atoms with Crippen molar-refractivity contribution in [3.05, 3.63) is 0 Å². The van der Waals surface area contributed by atoms with Crippen LogP contribution in [-0.4, -0.2) is 19.4 Å². The minimum atomic E-state index is -1.85. The molecule has 3 heteroatoms. The number of aldehydes is 1. The van der Waals surface area contributed by atoms with Gasteiger partial charge in [-0.1, -0.05) is 0 Å². The normalized spacial score (nSPS) is 11.4. The summed E-state index contributed by atoms with van der Waals surface area (Å²) in [6.07, 6.45) is 2.34. The molecule has 0 radical (unpaired) electrons. The summed E-state index contributed by atoms with van der Waals surface area (Å²) in [7, 11) is -1.85. The lowest BCUT2D eigenvalue weighted by Gasteiger charge is -2.11. The van der Waals surface area contributed by atoms with Crippen LogP contribution in [-0.2, 0) is 4.79 Å². The fourth-order valence-corrected chi connectivity index (χ4v) is 1.69. The van der Waals surface area contributed by atoms with Crippen LogP contribution in [0.25, 0.3) is 0 Å². The molecule has 0 heterocycles. The van der Waals surface area contributed by atoms with E-state index in [1.807, 2.05) is 13.1 Å². The van der Waals surface area contributed by atoms with Gasteiger partial charge in [0.2, 0.25) is 0 Å². The molecule has 0 aliphatic heterocycles. The fraction of sp³-hybridized carbons (Fsp3) is 0.833. The molecule has 9 heavy (non-hydrogen) atoms. The van der Waals surface area contributed by atoms with Crippen molar-refractivity contribution in [1.82, 2.24) is 0 Å². The minimum absolute atomic E-state index is 0.594. The Bertz CT molecular complexity index is 85.5. The molecule has 0 spiro atoms. The van der Waals surface area contributed by atoms with Gasteiger partial charge in [0.1, 0.15) is 6.29 Å². The zero-order valence-corrected chi connectivity index (χ0v) is 7.05. The summed E-state index contributed by atoms with van der Waals surface area (Å²) in [5.41, 5.74) is 0. The van der Waals surface area contributed by atoms with Crippen LogP contribution in [0, 0.1) is 0 Å². The van der Waals surface area contributed by atoms with Crippen molar-refractivity contribution in [3.8, 4) is 0 Å². The summed E-state index contributed by atoms with van der Waals surface area (Å²) >= 11 is 0. The number of hydrogen-bond acceptors (Lipinski definition) is 2. The Morgan fingerprint density at radius 2 is 2.11 bits per heavy atom. The minimum Gasteiger partial charge on any atom is -0.432 e. The van der Waals surface area contributed by atoms with Gasteiger partial charge in [0, 0.05) is 6.42 Å². The average Bonchev–Trinajstić information content (AvgIpc) is 1.63. The standard InChI is InChI=1S/C6H14O2Si/c1-9(2,8)6-4-3-5-7/h5,8H,3-4,6H2,1-2H3. The van der Waals surface area contributed by atoms with Crippen LogP contribution in [0.3, 0.4) is 0 Å². The van der Waals surface area contributed by atoms with Gasteiger partial charge in [-0.05, 0) is 25.6 Å². The van der Waals surface area contributed by atoms with Crippen LogP contribution in [0.2, 0.25) is 19.1 Å². The third kappa shape index (κ3) is 7.85. The van der Waals surface area contributed by atoms with E-state index < -0.39 is 8.32 Å². The second kappa shape index (κ2) is 3.79. The van der Waals surface area contributed by atoms with Gasteiger partial charge in [-0.2, -0.15) is 0 Å². The summed E-state index contributed by atoms with van der Waals surface area (Å²) in [6.45, 7) is 3.77. The van der Waals surface area contributed by atoms with Crippen molar-refractivity contribution < 1.29 is 9.59 Å². The lowest BCUT2D eigenvalue weighted by molar-refractivity contribution is -0.107.